The maximum absolute atomic E-state index is 10.9. The number of hydrogen-bond donors (Lipinski definition) is 2. The highest BCUT2D eigenvalue weighted by Crippen LogP contribution is 2.34. The fourth-order valence-electron chi connectivity index (χ4n) is 1.67. The predicted molar refractivity (Wildman–Crippen MR) is 83.9 cm³/mol. The number of nitrogens with two attached hydrogens (primary N) is 1. The third kappa shape index (κ3) is 3.41. The van der Waals surface area contributed by atoms with E-state index in [2.05, 4.69) is 15.5 Å². The molecule has 0 atom stereocenters. The van der Waals surface area contributed by atoms with Crippen LogP contribution in [-0.4, -0.2) is 30.3 Å². The molecule has 0 amide bonds. The molecule has 9 nitrogen and oxygen atoms in total. The normalized spacial score (nSPS) is 10.6. The summed E-state index contributed by atoms with van der Waals surface area (Å²) >= 11 is 1.29. The topological polar surface area (TPSA) is 125 Å². The second-order valence-electron chi connectivity index (χ2n) is 3.98. The second-order valence-corrected chi connectivity index (χ2v) is 4.83. The molecule has 1 aromatic carbocycles. The van der Waals surface area contributed by atoms with Gasteiger partial charge in [0.2, 0.25) is 5.13 Å². The summed E-state index contributed by atoms with van der Waals surface area (Å²) in [6.45, 7) is 0. The number of rotatable bonds is 6. The first-order valence-electron chi connectivity index (χ1n) is 5.95. The Morgan fingerprint density at radius 3 is 2.77 bits per heavy atom. The lowest BCUT2D eigenvalue weighted by molar-refractivity contribution is -0.385. The number of nitro groups is 1. The van der Waals surface area contributed by atoms with Crippen molar-refractivity contribution in [3.05, 3.63) is 33.2 Å². The van der Waals surface area contributed by atoms with Crippen LogP contribution >= 0.6 is 11.3 Å². The van der Waals surface area contributed by atoms with E-state index in [1.54, 1.807) is 5.38 Å². The summed E-state index contributed by atoms with van der Waals surface area (Å²) in [6, 6.07) is 2.62. The van der Waals surface area contributed by atoms with Crippen molar-refractivity contribution < 1.29 is 14.4 Å². The number of thiazole rings is 1. The van der Waals surface area contributed by atoms with Crippen LogP contribution in [0.2, 0.25) is 0 Å². The molecule has 0 aliphatic carbocycles. The van der Waals surface area contributed by atoms with Crippen molar-refractivity contribution in [3.8, 4) is 11.5 Å². The Hall–Kier alpha value is -2.88. The van der Waals surface area contributed by atoms with Crippen molar-refractivity contribution in [1.29, 1.82) is 0 Å². The number of anilines is 2. The van der Waals surface area contributed by atoms with Crippen LogP contribution in [0, 0.1) is 10.1 Å². The van der Waals surface area contributed by atoms with Gasteiger partial charge < -0.3 is 15.2 Å². The molecule has 3 N–H and O–H groups in total. The van der Waals surface area contributed by atoms with Crippen LogP contribution in [0.25, 0.3) is 0 Å². The van der Waals surface area contributed by atoms with Gasteiger partial charge in [-0.25, -0.2) is 4.98 Å². The number of aromatic nitrogens is 1. The van der Waals surface area contributed by atoms with Crippen LogP contribution in [0.1, 0.15) is 5.56 Å². The minimum atomic E-state index is -0.520. The van der Waals surface area contributed by atoms with E-state index >= 15 is 0 Å². The maximum atomic E-state index is 10.9. The Kier molecular flexibility index (Phi) is 4.73. The number of ether oxygens (including phenoxy) is 2. The van der Waals surface area contributed by atoms with Gasteiger partial charge in [-0.3, -0.25) is 15.5 Å². The Morgan fingerprint density at radius 2 is 2.23 bits per heavy atom. The average molecular weight is 323 g/mol. The van der Waals surface area contributed by atoms with Gasteiger partial charge >= 0.3 is 0 Å². The molecule has 0 bridgehead atoms. The molecule has 2 rings (SSSR count). The number of nitro benzene ring substituents is 1. The zero-order chi connectivity index (χ0) is 16.1. The monoisotopic (exact) mass is 323 g/mol. The lowest BCUT2D eigenvalue weighted by Crippen LogP contribution is -1.99. The molecule has 0 saturated heterocycles. The molecule has 22 heavy (non-hydrogen) atoms. The fraction of sp³-hybridized carbons (Fsp3) is 0.167. The molecule has 0 aliphatic heterocycles. The number of non-ortho nitro benzene ring substituents is 1. The van der Waals surface area contributed by atoms with Gasteiger partial charge in [0, 0.05) is 17.0 Å². The minimum Gasteiger partial charge on any atom is -0.493 e. The molecule has 0 fully saturated rings. The average Bonchev–Trinajstić information content (AvgIpc) is 2.91. The van der Waals surface area contributed by atoms with Crippen molar-refractivity contribution in [3.63, 3.8) is 0 Å². The highest BCUT2D eigenvalue weighted by atomic mass is 32.1. The molecule has 0 spiro atoms. The Bertz CT molecular complexity index is 716. The fourth-order valence-corrected chi connectivity index (χ4v) is 2.22. The van der Waals surface area contributed by atoms with E-state index in [-0.39, 0.29) is 11.4 Å². The van der Waals surface area contributed by atoms with E-state index in [0.717, 1.165) is 0 Å². The Morgan fingerprint density at radius 1 is 1.45 bits per heavy atom. The number of hydrazone groups is 1. The van der Waals surface area contributed by atoms with Crippen molar-refractivity contribution in [2.24, 2.45) is 5.10 Å². The van der Waals surface area contributed by atoms with Crippen LogP contribution in [0.15, 0.2) is 22.6 Å². The predicted octanol–water partition coefficient (Wildman–Crippen LogP) is 2.10. The van der Waals surface area contributed by atoms with Gasteiger partial charge in [-0.2, -0.15) is 5.10 Å². The quantitative estimate of drug-likeness (QED) is 0.473. The van der Waals surface area contributed by atoms with Crippen LogP contribution < -0.4 is 20.6 Å². The van der Waals surface area contributed by atoms with Crippen molar-refractivity contribution in [1.82, 2.24) is 4.98 Å². The SMILES string of the molecule is COc1cc([N+](=O)[O-])cc(C=NNc2nc(N)cs2)c1OC. The first-order chi connectivity index (χ1) is 10.5. The maximum Gasteiger partial charge on any atom is 0.274 e. The number of methoxy groups -OCH3 is 2. The minimum absolute atomic E-state index is 0.127. The number of nitrogens with zero attached hydrogens (tertiary/aromatic N) is 3. The summed E-state index contributed by atoms with van der Waals surface area (Å²) in [5.41, 5.74) is 8.44. The van der Waals surface area contributed by atoms with E-state index in [0.29, 0.717) is 22.3 Å². The van der Waals surface area contributed by atoms with Gasteiger partial charge in [-0.15, -0.1) is 11.3 Å². The lowest BCUT2D eigenvalue weighted by atomic mass is 10.1. The second kappa shape index (κ2) is 6.72. The highest BCUT2D eigenvalue weighted by Gasteiger charge is 2.17. The van der Waals surface area contributed by atoms with Crippen LogP contribution in [-0.2, 0) is 0 Å². The zero-order valence-electron chi connectivity index (χ0n) is 11.8. The number of nitrogen functional groups attached to an aromatic ring is 1. The summed E-state index contributed by atoms with van der Waals surface area (Å²) in [5, 5.41) is 17.1. The molecule has 0 saturated carbocycles. The van der Waals surface area contributed by atoms with E-state index in [1.165, 1.54) is 43.9 Å². The van der Waals surface area contributed by atoms with Crippen molar-refractivity contribution >= 4 is 34.2 Å². The molecule has 0 aliphatic rings. The smallest absolute Gasteiger partial charge is 0.274 e. The van der Waals surface area contributed by atoms with Crippen molar-refractivity contribution in [2.75, 3.05) is 25.4 Å². The standard InChI is InChI=1S/C12H13N5O4S/c1-20-9-4-8(17(18)19)3-7(11(9)21-2)5-14-16-12-15-10(13)6-22-12/h3-6H,13H2,1-2H3,(H,15,16). The molecule has 0 radical (unpaired) electrons. The lowest BCUT2D eigenvalue weighted by Gasteiger charge is -2.09. The summed E-state index contributed by atoms with van der Waals surface area (Å²) in [5.74, 6) is 0.978. The zero-order valence-corrected chi connectivity index (χ0v) is 12.6. The molecule has 116 valence electrons. The summed E-state index contributed by atoms with van der Waals surface area (Å²) in [6.07, 6.45) is 1.38. The van der Waals surface area contributed by atoms with Crippen LogP contribution in [0.5, 0.6) is 11.5 Å². The van der Waals surface area contributed by atoms with Gasteiger partial charge in [0.05, 0.1) is 31.4 Å². The van der Waals surface area contributed by atoms with E-state index in [4.69, 9.17) is 15.2 Å². The van der Waals surface area contributed by atoms with Gasteiger partial charge in [0.25, 0.3) is 5.69 Å². The van der Waals surface area contributed by atoms with Crippen molar-refractivity contribution in [2.45, 2.75) is 0 Å². The molecule has 0 unspecified atom stereocenters. The summed E-state index contributed by atoms with van der Waals surface area (Å²) in [4.78, 5) is 14.4. The van der Waals surface area contributed by atoms with Crippen LogP contribution in [0.3, 0.4) is 0 Å². The van der Waals surface area contributed by atoms with E-state index in [9.17, 15) is 10.1 Å². The summed E-state index contributed by atoms with van der Waals surface area (Å²) < 4.78 is 10.3. The molecule has 10 heteroatoms. The molecular formula is C12H13N5O4S. The van der Waals surface area contributed by atoms with Crippen LogP contribution in [0.4, 0.5) is 16.6 Å². The van der Waals surface area contributed by atoms with Gasteiger partial charge in [0.1, 0.15) is 5.82 Å². The largest absolute Gasteiger partial charge is 0.493 e. The van der Waals surface area contributed by atoms with E-state index < -0.39 is 4.92 Å². The van der Waals surface area contributed by atoms with Gasteiger partial charge in [-0.05, 0) is 0 Å². The third-order valence-corrected chi connectivity index (χ3v) is 3.35. The van der Waals surface area contributed by atoms with Gasteiger partial charge in [-0.1, -0.05) is 0 Å². The highest BCUT2D eigenvalue weighted by molar-refractivity contribution is 7.14. The number of hydrogen-bond acceptors (Lipinski definition) is 9. The Labute approximate surface area is 129 Å². The third-order valence-electron chi connectivity index (χ3n) is 2.59. The Balaban J connectivity index is 2.31. The number of benzene rings is 1. The molecule has 1 heterocycles. The first-order valence-corrected chi connectivity index (χ1v) is 6.83. The molecular weight excluding hydrogens is 310 g/mol. The van der Waals surface area contributed by atoms with Gasteiger partial charge in [0.15, 0.2) is 11.5 Å². The van der Waals surface area contributed by atoms with E-state index in [1.807, 2.05) is 0 Å². The first kappa shape index (κ1) is 15.5. The number of nitrogens with one attached hydrogen (secondary N) is 1. The molecule has 1 aromatic heterocycles. The summed E-state index contributed by atoms with van der Waals surface area (Å²) in [7, 11) is 2.84. The molecule has 2 aromatic rings.